The van der Waals surface area contributed by atoms with E-state index in [9.17, 15) is 14.4 Å². The van der Waals surface area contributed by atoms with Crippen LogP contribution in [-0.2, 0) is 19.1 Å². The Morgan fingerprint density at radius 3 is 2.17 bits per heavy atom. The molecule has 0 heterocycles. The summed E-state index contributed by atoms with van der Waals surface area (Å²) in [6.45, 7) is 6.90. The number of hydrogen-bond acceptors (Lipinski definition) is 5. The molecule has 156 valence electrons. The van der Waals surface area contributed by atoms with Gasteiger partial charge in [-0.05, 0) is 55.0 Å². The fourth-order valence-electron chi connectivity index (χ4n) is 2.35. The van der Waals surface area contributed by atoms with Crippen LogP contribution in [0, 0.1) is 0 Å². The molecule has 0 aliphatic carbocycles. The molecule has 2 aromatic rings. The molecule has 0 aromatic heterocycles. The van der Waals surface area contributed by atoms with E-state index in [4.69, 9.17) is 9.47 Å². The van der Waals surface area contributed by atoms with Crippen LogP contribution >= 0.6 is 0 Å². The van der Waals surface area contributed by atoms with Crippen LogP contribution in [0.5, 0.6) is 5.75 Å². The Morgan fingerprint density at radius 2 is 1.60 bits per heavy atom. The molecular formula is C23H24N2O5. The van der Waals surface area contributed by atoms with E-state index in [2.05, 4.69) is 17.2 Å². The van der Waals surface area contributed by atoms with E-state index in [1.54, 1.807) is 60.7 Å². The second-order valence-corrected chi connectivity index (χ2v) is 6.33. The quantitative estimate of drug-likeness (QED) is 0.374. The van der Waals surface area contributed by atoms with E-state index >= 15 is 0 Å². The molecule has 0 bridgehead atoms. The third-order valence-corrected chi connectivity index (χ3v) is 3.79. The van der Waals surface area contributed by atoms with Crippen LogP contribution in [0.1, 0.15) is 19.4 Å². The van der Waals surface area contributed by atoms with Gasteiger partial charge >= 0.3 is 5.97 Å². The monoisotopic (exact) mass is 408 g/mol. The lowest BCUT2D eigenvalue weighted by Crippen LogP contribution is -2.29. The van der Waals surface area contributed by atoms with Gasteiger partial charge in [-0.1, -0.05) is 24.8 Å². The fraction of sp³-hybridized carbons (Fsp3) is 0.174. The third-order valence-electron chi connectivity index (χ3n) is 3.79. The largest absolute Gasteiger partial charge is 0.490 e. The normalized spacial score (nSPS) is 11.4. The zero-order valence-electron chi connectivity index (χ0n) is 16.9. The molecule has 0 saturated heterocycles. The second-order valence-electron chi connectivity index (χ2n) is 6.33. The number of nitrogens with one attached hydrogen (secondary N) is 2. The van der Waals surface area contributed by atoms with Crippen LogP contribution < -0.4 is 15.4 Å². The van der Waals surface area contributed by atoms with E-state index in [-0.39, 0.29) is 5.91 Å². The molecule has 7 nitrogen and oxygen atoms in total. The van der Waals surface area contributed by atoms with Crippen molar-refractivity contribution in [1.82, 2.24) is 0 Å². The van der Waals surface area contributed by atoms with Crippen LogP contribution in [0.15, 0.2) is 67.3 Å². The molecule has 0 saturated carbocycles. The summed E-state index contributed by atoms with van der Waals surface area (Å²) in [5.74, 6) is -0.583. The molecule has 0 fully saturated rings. The van der Waals surface area contributed by atoms with Crippen molar-refractivity contribution in [2.75, 3.05) is 17.2 Å². The van der Waals surface area contributed by atoms with Gasteiger partial charge in [-0.25, -0.2) is 4.79 Å². The van der Waals surface area contributed by atoms with Crippen molar-refractivity contribution in [3.05, 3.63) is 72.8 Å². The Kier molecular flexibility index (Phi) is 8.38. The first-order valence-corrected chi connectivity index (χ1v) is 9.28. The van der Waals surface area contributed by atoms with Gasteiger partial charge in [0.25, 0.3) is 5.91 Å². The summed E-state index contributed by atoms with van der Waals surface area (Å²) < 4.78 is 10.5. The van der Waals surface area contributed by atoms with Gasteiger partial charge in [-0.2, -0.15) is 0 Å². The van der Waals surface area contributed by atoms with E-state index in [1.165, 1.54) is 19.9 Å². The van der Waals surface area contributed by atoms with Crippen molar-refractivity contribution in [2.45, 2.75) is 20.0 Å². The Morgan fingerprint density at radius 1 is 1.00 bits per heavy atom. The first kappa shape index (κ1) is 22.4. The van der Waals surface area contributed by atoms with Gasteiger partial charge in [0.05, 0.1) is 0 Å². The molecule has 2 amide bonds. The Bertz CT molecular complexity index is 918. The summed E-state index contributed by atoms with van der Waals surface area (Å²) in [6.07, 6.45) is 3.52. The van der Waals surface area contributed by atoms with Crippen LogP contribution in [-0.4, -0.2) is 30.5 Å². The van der Waals surface area contributed by atoms with E-state index in [0.29, 0.717) is 23.7 Å². The smallest absolute Gasteiger partial charge is 0.331 e. The summed E-state index contributed by atoms with van der Waals surface area (Å²) >= 11 is 0. The zero-order valence-corrected chi connectivity index (χ0v) is 16.9. The molecular weight excluding hydrogens is 384 g/mol. The average molecular weight is 408 g/mol. The molecule has 7 heteroatoms. The number of rotatable bonds is 9. The summed E-state index contributed by atoms with van der Waals surface area (Å²) in [6, 6.07) is 13.7. The van der Waals surface area contributed by atoms with Crippen LogP contribution in [0.4, 0.5) is 11.4 Å². The maximum Gasteiger partial charge on any atom is 0.331 e. The number of anilines is 2. The first-order valence-electron chi connectivity index (χ1n) is 9.28. The highest BCUT2D eigenvalue weighted by atomic mass is 16.5. The third kappa shape index (κ3) is 7.63. The molecule has 0 unspecified atom stereocenters. The summed E-state index contributed by atoms with van der Waals surface area (Å²) in [7, 11) is 0. The molecule has 1 atom stereocenters. The molecule has 0 radical (unpaired) electrons. The Balaban J connectivity index is 1.83. The van der Waals surface area contributed by atoms with Gasteiger partial charge in [0.15, 0.2) is 6.10 Å². The highest BCUT2D eigenvalue weighted by molar-refractivity contribution is 5.97. The molecule has 0 aliphatic heterocycles. The topological polar surface area (TPSA) is 93.7 Å². The van der Waals surface area contributed by atoms with Crippen molar-refractivity contribution < 1.29 is 23.9 Å². The fourth-order valence-corrected chi connectivity index (χ4v) is 2.35. The van der Waals surface area contributed by atoms with Gasteiger partial charge in [-0.3, -0.25) is 9.59 Å². The predicted octanol–water partition coefficient (Wildman–Crippen LogP) is 3.79. The number of amides is 2. The van der Waals surface area contributed by atoms with E-state index in [0.717, 1.165) is 5.56 Å². The van der Waals surface area contributed by atoms with Crippen molar-refractivity contribution >= 4 is 35.2 Å². The molecule has 0 spiro atoms. The van der Waals surface area contributed by atoms with E-state index < -0.39 is 18.0 Å². The zero-order chi connectivity index (χ0) is 21.9. The lowest BCUT2D eigenvalue weighted by atomic mass is 10.2. The van der Waals surface area contributed by atoms with Crippen molar-refractivity contribution in [3.63, 3.8) is 0 Å². The molecule has 2 N–H and O–H groups in total. The number of benzene rings is 2. The number of carbonyl (C=O) groups excluding carboxylic acids is 3. The molecule has 30 heavy (non-hydrogen) atoms. The highest BCUT2D eigenvalue weighted by Gasteiger charge is 2.16. The Labute approximate surface area is 175 Å². The first-order chi connectivity index (χ1) is 14.4. The minimum Gasteiger partial charge on any atom is -0.490 e. The average Bonchev–Trinajstić information content (AvgIpc) is 2.72. The summed E-state index contributed by atoms with van der Waals surface area (Å²) in [5, 5.41) is 5.28. The lowest BCUT2D eigenvalue weighted by molar-refractivity contribution is -0.148. The number of ether oxygens (including phenoxy) is 2. The minimum absolute atomic E-state index is 0.183. The standard InChI is InChI=1S/C23H24N2O5/c1-4-15-29-21-12-5-18(6-13-21)7-14-22(27)30-16(2)23(28)25-20-10-8-19(9-11-20)24-17(3)26/h4-14,16H,1,15H2,2-3H3,(H,24,26)(H,25,28)/b14-7+/t16-/m0/s1. The van der Waals surface area contributed by atoms with E-state index in [1.807, 2.05) is 0 Å². The van der Waals surface area contributed by atoms with Gasteiger partial charge < -0.3 is 20.1 Å². The van der Waals surface area contributed by atoms with Crippen LogP contribution in [0.25, 0.3) is 6.08 Å². The van der Waals surface area contributed by atoms with Crippen LogP contribution in [0.3, 0.4) is 0 Å². The maximum absolute atomic E-state index is 12.2. The highest BCUT2D eigenvalue weighted by Crippen LogP contribution is 2.15. The van der Waals surface area contributed by atoms with Gasteiger partial charge in [0, 0.05) is 24.4 Å². The van der Waals surface area contributed by atoms with Crippen molar-refractivity contribution in [3.8, 4) is 5.75 Å². The van der Waals surface area contributed by atoms with Gasteiger partial charge in [0.2, 0.25) is 5.91 Å². The maximum atomic E-state index is 12.2. The van der Waals surface area contributed by atoms with Crippen LogP contribution in [0.2, 0.25) is 0 Å². The predicted molar refractivity (Wildman–Crippen MR) is 116 cm³/mol. The number of hydrogen-bond donors (Lipinski definition) is 2. The lowest BCUT2D eigenvalue weighted by Gasteiger charge is -2.12. The van der Waals surface area contributed by atoms with Gasteiger partial charge in [-0.15, -0.1) is 0 Å². The molecule has 2 rings (SSSR count). The van der Waals surface area contributed by atoms with Crippen molar-refractivity contribution in [1.29, 1.82) is 0 Å². The summed E-state index contributed by atoms with van der Waals surface area (Å²) in [4.78, 5) is 35.2. The van der Waals surface area contributed by atoms with Gasteiger partial charge in [0.1, 0.15) is 12.4 Å². The second kappa shape index (κ2) is 11.2. The summed E-state index contributed by atoms with van der Waals surface area (Å²) in [5.41, 5.74) is 1.92. The SMILES string of the molecule is C=CCOc1ccc(/C=C/C(=O)O[C@@H](C)C(=O)Nc2ccc(NC(C)=O)cc2)cc1. The number of carbonyl (C=O) groups is 3. The number of esters is 1. The molecule has 0 aliphatic rings. The van der Waals surface area contributed by atoms with Crippen molar-refractivity contribution in [2.24, 2.45) is 0 Å². The minimum atomic E-state index is -0.980. The molecule has 2 aromatic carbocycles. The Hall–Kier alpha value is -3.87.